The number of H-pyrrole nitrogens is 1. The van der Waals surface area contributed by atoms with Gasteiger partial charge in [0, 0.05) is 6.42 Å². The molecule has 0 radical (unpaired) electrons. The van der Waals surface area contributed by atoms with E-state index in [0.717, 1.165) is 16.7 Å². The lowest BCUT2D eigenvalue weighted by molar-refractivity contribution is -0.118. The zero-order valence-electron chi connectivity index (χ0n) is 19.0. The fourth-order valence-corrected chi connectivity index (χ4v) is 3.86. The molecule has 0 spiro atoms. The molecule has 0 aliphatic carbocycles. The molecule has 178 valence electrons. The first-order valence-corrected chi connectivity index (χ1v) is 11.2. The highest BCUT2D eigenvalue weighted by atomic mass is 19.1. The summed E-state index contributed by atoms with van der Waals surface area (Å²) < 4.78 is 14.5. The number of rotatable bonds is 8. The molecule has 0 atom stereocenters. The molecule has 7 nitrogen and oxygen atoms in total. The number of carbonyl (C=O) groups is 1. The number of hydrogen-bond acceptors (Lipinski definition) is 4. The third kappa shape index (κ3) is 5.73. The van der Waals surface area contributed by atoms with Gasteiger partial charge in [-0.15, -0.1) is 0 Å². The predicted molar refractivity (Wildman–Crippen MR) is 134 cm³/mol. The van der Waals surface area contributed by atoms with Crippen molar-refractivity contribution in [3.63, 3.8) is 0 Å². The van der Waals surface area contributed by atoms with Crippen LogP contribution in [0, 0.1) is 5.82 Å². The van der Waals surface area contributed by atoms with Gasteiger partial charge in [-0.05, 0) is 35.2 Å². The van der Waals surface area contributed by atoms with Crippen molar-refractivity contribution in [3.05, 3.63) is 128 Å². The number of halogens is 1. The molecule has 0 aliphatic rings. The number of nitrogens with two attached hydrogens (primary N) is 1. The zero-order chi connectivity index (χ0) is 24.8. The monoisotopic (exact) mass is 472 g/mol. The first-order chi connectivity index (χ1) is 16.9. The van der Waals surface area contributed by atoms with E-state index in [0.29, 0.717) is 6.42 Å². The van der Waals surface area contributed by atoms with Gasteiger partial charge in [0.15, 0.2) is 5.69 Å². The summed E-state index contributed by atoms with van der Waals surface area (Å²) in [4.78, 5) is 42.6. The number of nitrogens with one attached hydrogen (secondary N) is 1. The summed E-state index contributed by atoms with van der Waals surface area (Å²) in [6.45, 7) is 0.234. The minimum Gasteiger partial charge on any atom is -0.383 e. The first kappa shape index (κ1) is 23.7. The number of benzene rings is 3. The Labute approximate surface area is 201 Å². The van der Waals surface area contributed by atoms with Gasteiger partial charge in [-0.2, -0.15) is 0 Å². The molecule has 0 fully saturated rings. The second kappa shape index (κ2) is 10.6. The number of aromatic nitrogens is 2. The van der Waals surface area contributed by atoms with Gasteiger partial charge in [0.05, 0.1) is 13.1 Å². The fourth-order valence-electron chi connectivity index (χ4n) is 3.86. The molecular weight excluding hydrogens is 447 g/mol. The highest BCUT2D eigenvalue weighted by Gasteiger charge is 2.24. The molecule has 4 rings (SSSR count). The molecule has 0 bridgehead atoms. The molecule has 1 heterocycles. The third-order valence-corrected chi connectivity index (χ3v) is 5.69. The summed E-state index contributed by atoms with van der Waals surface area (Å²) >= 11 is 0. The molecule has 4 aromatic rings. The molecule has 0 aliphatic heterocycles. The minimum absolute atomic E-state index is 0.0646. The summed E-state index contributed by atoms with van der Waals surface area (Å²) in [5.74, 6) is -0.792. The molecule has 0 unspecified atom stereocenters. The number of aryl methyl sites for hydroxylation is 1. The summed E-state index contributed by atoms with van der Waals surface area (Å²) in [6.07, 6.45) is 0.418. The topological polar surface area (TPSA) is 101 Å². The van der Waals surface area contributed by atoms with Crippen LogP contribution in [0.1, 0.15) is 23.1 Å². The summed E-state index contributed by atoms with van der Waals surface area (Å²) in [7, 11) is 0. The Morgan fingerprint density at radius 3 is 2.09 bits per heavy atom. The highest BCUT2D eigenvalue weighted by Crippen LogP contribution is 2.22. The van der Waals surface area contributed by atoms with Crippen LogP contribution in [-0.2, 0) is 24.3 Å². The molecule has 3 aromatic carbocycles. The van der Waals surface area contributed by atoms with E-state index in [-0.39, 0.29) is 42.7 Å². The Morgan fingerprint density at radius 1 is 0.857 bits per heavy atom. The quantitative estimate of drug-likeness (QED) is 0.410. The largest absolute Gasteiger partial charge is 0.383 e. The lowest BCUT2D eigenvalue weighted by atomic mass is 10.1. The second-order valence-electron chi connectivity index (χ2n) is 8.16. The fraction of sp³-hybridized carbons (Fsp3) is 0.148. The van der Waals surface area contributed by atoms with Gasteiger partial charge in [0.1, 0.15) is 11.6 Å². The first-order valence-electron chi connectivity index (χ1n) is 11.2. The van der Waals surface area contributed by atoms with Crippen LogP contribution in [0.25, 0.3) is 0 Å². The van der Waals surface area contributed by atoms with Gasteiger partial charge >= 0.3 is 5.69 Å². The van der Waals surface area contributed by atoms with Crippen LogP contribution < -0.4 is 21.9 Å². The number of amides is 1. The van der Waals surface area contributed by atoms with Gasteiger partial charge in [-0.25, -0.2) is 9.18 Å². The maximum absolute atomic E-state index is 13.4. The average Bonchev–Trinajstić information content (AvgIpc) is 2.86. The van der Waals surface area contributed by atoms with Crippen molar-refractivity contribution in [2.45, 2.75) is 25.9 Å². The van der Waals surface area contributed by atoms with Crippen molar-refractivity contribution in [1.82, 2.24) is 9.55 Å². The normalized spacial score (nSPS) is 10.8. The predicted octanol–water partition coefficient (Wildman–Crippen LogP) is 3.47. The smallest absolute Gasteiger partial charge is 0.330 e. The van der Waals surface area contributed by atoms with E-state index in [1.165, 1.54) is 21.6 Å². The highest BCUT2D eigenvalue weighted by molar-refractivity contribution is 5.95. The van der Waals surface area contributed by atoms with Gasteiger partial charge in [0.25, 0.3) is 5.56 Å². The van der Waals surface area contributed by atoms with Crippen LogP contribution in [0.2, 0.25) is 0 Å². The Hall–Kier alpha value is -4.46. The number of hydrogen-bond donors (Lipinski definition) is 2. The standard InChI is InChI=1S/C27H25FN4O3/c28-22-14-11-19(12-15-22)13-16-23(33)31(17-20-7-3-1-4-8-20)24-25(29)32(27(35)30-26(24)34)18-21-9-5-2-6-10-21/h1-12,14-15H,13,16-18,29H2,(H,30,34,35). The van der Waals surface area contributed by atoms with Crippen LogP contribution in [-0.4, -0.2) is 15.5 Å². The molecule has 35 heavy (non-hydrogen) atoms. The van der Waals surface area contributed by atoms with Crippen molar-refractivity contribution in [2.75, 3.05) is 10.6 Å². The molecule has 0 saturated heterocycles. The van der Waals surface area contributed by atoms with Crippen LogP contribution in [0.5, 0.6) is 0 Å². The molecular formula is C27H25FN4O3. The maximum atomic E-state index is 13.4. The van der Waals surface area contributed by atoms with E-state index in [2.05, 4.69) is 4.98 Å². The SMILES string of the molecule is Nc1c(N(Cc2ccccc2)C(=O)CCc2ccc(F)cc2)c(=O)[nH]c(=O)n1Cc1ccccc1. The van der Waals surface area contributed by atoms with Gasteiger partial charge in [-0.3, -0.25) is 19.1 Å². The number of aromatic amines is 1. The van der Waals surface area contributed by atoms with Crippen molar-refractivity contribution >= 4 is 17.4 Å². The van der Waals surface area contributed by atoms with Gasteiger partial charge in [-0.1, -0.05) is 72.8 Å². The van der Waals surface area contributed by atoms with Crippen LogP contribution in [0.3, 0.4) is 0 Å². The van der Waals surface area contributed by atoms with Crippen molar-refractivity contribution in [3.8, 4) is 0 Å². The lowest BCUT2D eigenvalue weighted by Crippen LogP contribution is -2.41. The molecule has 0 saturated carbocycles. The Kier molecular flexibility index (Phi) is 7.21. The van der Waals surface area contributed by atoms with E-state index in [4.69, 9.17) is 5.73 Å². The number of carbonyl (C=O) groups excluding carboxylic acids is 1. The zero-order valence-corrected chi connectivity index (χ0v) is 19.0. The maximum Gasteiger partial charge on any atom is 0.330 e. The summed E-state index contributed by atoms with van der Waals surface area (Å²) in [5.41, 5.74) is 7.29. The third-order valence-electron chi connectivity index (χ3n) is 5.69. The van der Waals surface area contributed by atoms with Gasteiger partial charge < -0.3 is 10.6 Å². The van der Waals surface area contributed by atoms with E-state index in [1.807, 2.05) is 60.7 Å². The second-order valence-corrected chi connectivity index (χ2v) is 8.16. The summed E-state index contributed by atoms with van der Waals surface area (Å²) in [5, 5.41) is 0. The van der Waals surface area contributed by atoms with Crippen molar-refractivity contribution in [1.29, 1.82) is 0 Å². The Balaban J connectivity index is 1.71. The van der Waals surface area contributed by atoms with Gasteiger partial charge in [0.2, 0.25) is 5.91 Å². The average molecular weight is 473 g/mol. The molecule has 3 N–H and O–H groups in total. The van der Waals surface area contributed by atoms with Crippen molar-refractivity contribution in [2.24, 2.45) is 0 Å². The van der Waals surface area contributed by atoms with Crippen LogP contribution in [0.15, 0.2) is 94.5 Å². The number of nitrogen functional groups attached to an aromatic ring is 1. The number of anilines is 2. The van der Waals surface area contributed by atoms with E-state index in [1.54, 1.807) is 12.1 Å². The van der Waals surface area contributed by atoms with Crippen molar-refractivity contribution < 1.29 is 9.18 Å². The lowest BCUT2D eigenvalue weighted by Gasteiger charge is -2.25. The van der Waals surface area contributed by atoms with Crippen LogP contribution in [0.4, 0.5) is 15.9 Å². The van der Waals surface area contributed by atoms with E-state index < -0.39 is 11.2 Å². The van der Waals surface area contributed by atoms with E-state index in [9.17, 15) is 18.8 Å². The van der Waals surface area contributed by atoms with E-state index >= 15 is 0 Å². The Bertz CT molecular complexity index is 1420. The molecule has 1 amide bonds. The number of nitrogens with zero attached hydrogens (tertiary/aromatic N) is 2. The minimum atomic E-state index is -0.733. The molecule has 8 heteroatoms. The molecule has 1 aromatic heterocycles. The Morgan fingerprint density at radius 2 is 1.46 bits per heavy atom. The summed E-state index contributed by atoms with van der Waals surface area (Å²) in [6, 6.07) is 24.3. The van der Waals surface area contributed by atoms with Crippen LogP contribution >= 0.6 is 0 Å².